The lowest BCUT2D eigenvalue weighted by Crippen LogP contribution is -2.14. The average molecular weight is 232 g/mol. The summed E-state index contributed by atoms with van der Waals surface area (Å²) in [5, 5.41) is 0. The Balaban J connectivity index is 3.22. The number of rotatable bonds is 11. The maximum absolute atomic E-state index is 11.1. The molecular formula is C12H24O4. The molecule has 0 fully saturated rings. The van der Waals surface area contributed by atoms with E-state index in [0.717, 1.165) is 12.8 Å². The maximum atomic E-state index is 11.1. The molecular weight excluding hydrogens is 208 g/mol. The molecule has 0 aromatic heterocycles. The van der Waals surface area contributed by atoms with E-state index in [1.807, 2.05) is 6.92 Å². The molecule has 0 amide bonds. The molecule has 96 valence electrons. The van der Waals surface area contributed by atoms with E-state index in [4.69, 9.17) is 14.2 Å². The lowest BCUT2D eigenvalue weighted by Gasteiger charge is -2.11. The minimum absolute atomic E-state index is 0.148. The highest BCUT2D eigenvalue weighted by Gasteiger charge is 2.10. The standard InChI is InChI=1S/C12H24O4/c1-4-12(11(2)13)5-6-15-9-10-16-8-7-14-3/h12H,4-10H2,1-3H3. The second-order valence-electron chi connectivity index (χ2n) is 3.72. The topological polar surface area (TPSA) is 44.8 Å². The smallest absolute Gasteiger partial charge is 0.132 e. The van der Waals surface area contributed by atoms with Crippen LogP contribution < -0.4 is 0 Å². The van der Waals surface area contributed by atoms with Crippen LogP contribution in [0, 0.1) is 5.92 Å². The van der Waals surface area contributed by atoms with Crippen molar-refractivity contribution in [2.45, 2.75) is 26.7 Å². The van der Waals surface area contributed by atoms with Crippen molar-refractivity contribution in [3.63, 3.8) is 0 Å². The second-order valence-corrected chi connectivity index (χ2v) is 3.72. The van der Waals surface area contributed by atoms with Gasteiger partial charge in [-0.25, -0.2) is 0 Å². The van der Waals surface area contributed by atoms with Gasteiger partial charge in [0.15, 0.2) is 0 Å². The molecule has 0 spiro atoms. The Bertz CT molecular complexity index is 170. The van der Waals surface area contributed by atoms with Crippen LogP contribution in [0.5, 0.6) is 0 Å². The number of methoxy groups -OCH3 is 1. The van der Waals surface area contributed by atoms with Crippen LogP contribution in [0.25, 0.3) is 0 Å². The van der Waals surface area contributed by atoms with Gasteiger partial charge in [-0.05, 0) is 19.8 Å². The molecule has 1 atom stereocenters. The molecule has 0 heterocycles. The largest absolute Gasteiger partial charge is 0.382 e. The van der Waals surface area contributed by atoms with Crippen molar-refractivity contribution >= 4 is 5.78 Å². The van der Waals surface area contributed by atoms with Crippen LogP contribution >= 0.6 is 0 Å². The third-order valence-electron chi connectivity index (χ3n) is 2.48. The van der Waals surface area contributed by atoms with Gasteiger partial charge in [0.05, 0.1) is 26.4 Å². The van der Waals surface area contributed by atoms with Crippen molar-refractivity contribution < 1.29 is 19.0 Å². The summed E-state index contributed by atoms with van der Waals surface area (Å²) >= 11 is 0. The van der Waals surface area contributed by atoms with Gasteiger partial charge >= 0.3 is 0 Å². The summed E-state index contributed by atoms with van der Waals surface area (Å²) < 4.78 is 15.5. The summed E-state index contributed by atoms with van der Waals surface area (Å²) in [7, 11) is 1.65. The molecule has 0 rings (SSSR count). The molecule has 0 aliphatic heterocycles. The maximum Gasteiger partial charge on any atom is 0.132 e. The normalized spacial score (nSPS) is 12.7. The number of Topliss-reactive ketones (excluding diaryl/α,β-unsaturated/α-hetero) is 1. The van der Waals surface area contributed by atoms with E-state index in [-0.39, 0.29) is 11.7 Å². The van der Waals surface area contributed by atoms with E-state index in [2.05, 4.69) is 0 Å². The van der Waals surface area contributed by atoms with Crippen molar-refractivity contribution in [1.29, 1.82) is 0 Å². The Kier molecular flexibility index (Phi) is 10.7. The average Bonchev–Trinajstić information content (AvgIpc) is 2.26. The number of ketones is 1. The lowest BCUT2D eigenvalue weighted by molar-refractivity contribution is -0.121. The predicted octanol–water partition coefficient (Wildman–Crippen LogP) is 1.67. The fourth-order valence-corrected chi connectivity index (χ4v) is 1.38. The minimum atomic E-state index is 0.148. The molecule has 0 saturated carbocycles. The molecule has 0 N–H and O–H groups in total. The molecule has 0 aromatic carbocycles. The van der Waals surface area contributed by atoms with E-state index in [1.165, 1.54) is 0 Å². The van der Waals surface area contributed by atoms with Gasteiger partial charge in [-0.15, -0.1) is 0 Å². The number of ether oxygens (including phenoxy) is 3. The van der Waals surface area contributed by atoms with Gasteiger partial charge in [0.2, 0.25) is 0 Å². The lowest BCUT2D eigenvalue weighted by atomic mass is 9.99. The van der Waals surface area contributed by atoms with E-state index < -0.39 is 0 Å². The molecule has 0 aliphatic rings. The van der Waals surface area contributed by atoms with Gasteiger partial charge in [0, 0.05) is 19.6 Å². The number of carbonyl (C=O) groups is 1. The molecule has 1 unspecified atom stereocenters. The third kappa shape index (κ3) is 8.83. The summed E-state index contributed by atoms with van der Waals surface area (Å²) in [6, 6.07) is 0. The minimum Gasteiger partial charge on any atom is -0.382 e. The van der Waals surface area contributed by atoms with E-state index in [9.17, 15) is 4.79 Å². The van der Waals surface area contributed by atoms with Gasteiger partial charge in [-0.2, -0.15) is 0 Å². The first-order valence-electron chi connectivity index (χ1n) is 5.87. The monoisotopic (exact) mass is 232 g/mol. The van der Waals surface area contributed by atoms with Crippen LogP contribution in [-0.4, -0.2) is 45.9 Å². The van der Waals surface area contributed by atoms with Crippen molar-refractivity contribution in [3.05, 3.63) is 0 Å². The molecule has 0 radical (unpaired) electrons. The fourth-order valence-electron chi connectivity index (χ4n) is 1.38. The van der Waals surface area contributed by atoms with E-state index >= 15 is 0 Å². The second kappa shape index (κ2) is 11.0. The van der Waals surface area contributed by atoms with Crippen molar-refractivity contribution in [3.8, 4) is 0 Å². The molecule has 0 aliphatic carbocycles. The van der Waals surface area contributed by atoms with Crippen LogP contribution in [0.2, 0.25) is 0 Å². The summed E-state index contributed by atoms with van der Waals surface area (Å²) in [6.45, 7) is 6.68. The quantitative estimate of drug-likeness (QED) is 0.508. The highest BCUT2D eigenvalue weighted by Crippen LogP contribution is 2.08. The number of hydrogen-bond acceptors (Lipinski definition) is 4. The SMILES string of the molecule is CCC(CCOCCOCCOC)C(C)=O. The predicted molar refractivity (Wildman–Crippen MR) is 62.6 cm³/mol. The van der Waals surface area contributed by atoms with Crippen LogP contribution in [-0.2, 0) is 19.0 Å². The van der Waals surface area contributed by atoms with Crippen molar-refractivity contribution in [2.24, 2.45) is 5.92 Å². The Morgan fingerprint density at radius 1 is 1.06 bits per heavy atom. The Morgan fingerprint density at radius 2 is 1.62 bits per heavy atom. The molecule has 16 heavy (non-hydrogen) atoms. The van der Waals surface area contributed by atoms with Gasteiger partial charge in [0.25, 0.3) is 0 Å². The Hall–Kier alpha value is -0.450. The molecule has 4 heteroatoms. The van der Waals surface area contributed by atoms with Crippen molar-refractivity contribution in [2.75, 3.05) is 40.1 Å². The zero-order chi connectivity index (χ0) is 12.2. The summed E-state index contributed by atoms with van der Waals surface area (Å²) in [5.74, 6) is 0.400. The van der Waals surface area contributed by atoms with Gasteiger partial charge in [0.1, 0.15) is 5.78 Å². The first-order chi connectivity index (χ1) is 7.72. The van der Waals surface area contributed by atoms with Crippen LogP contribution in [0.1, 0.15) is 26.7 Å². The summed E-state index contributed by atoms with van der Waals surface area (Å²) in [5.41, 5.74) is 0. The highest BCUT2D eigenvalue weighted by molar-refractivity contribution is 5.78. The first-order valence-corrected chi connectivity index (χ1v) is 5.87. The molecule has 4 nitrogen and oxygen atoms in total. The fraction of sp³-hybridized carbons (Fsp3) is 0.917. The van der Waals surface area contributed by atoms with Crippen LogP contribution in [0.4, 0.5) is 0 Å². The first kappa shape index (κ1) is 15.6. The Labute approximate surface area is 98.3 Å². The Morgan fingerprint density at radius 3 is 2.12 bits per heavy atom. The number of carbonyl (C=O) groups excluding carboxylic acids is 1. The molecule has 0 bridgehead atoms. The van der Waals surface area contributed by atoms with E-state index in [0.29, 0.717) is 33.0 Å². The highest BCUT2D eigenvalue weighted by atomic mass is 16.5. The third-order valence-corrected chi connectivity index (χ3v) is 2.48. The van der Waals surface area contributed by atoms with Crippen molar-refractivity contribution in [1.82, 2.24) is 0 Å². The van der Waals surface area contributed by atoms with E-state index in [1.54, 1.807) is 14.0 Å². The van der Waals surface area contributed by atoms with Gasteiger partial charge < -0.3 is 14.2 Å². The zero-order valence-electron chi connectivity index (χ0n) is 10.7. The molecule has 0 aromatic rings. The van der Waals surface area contributed by atoms with Gasteiger partial charge in [-0.3, -0.25) is 4.79 Å². The zero-order valence-corrected chi connectivity index (χ0v) is 10.7. The number of hydrogen-bond donors (Lipinski definition) is 0. The summed E-state index contributed by atoms with van der Waals surface area (Å²) in [4.78, 5) is 11.1. The van der Waals surface area contributed by atoms with Crippen LogP contribution in [0.15, 0.2) is 0 Å². The molecule has 0 saturated heterocycles. The summed E-state index contributed by atoms with van der Waals surface area (Å²) in [6.07, 6.45) is 1.70. The van der Waals surface area contributed by atoms with Gasteiger partial charge in [-0.1, -0.05) is 6.92 Å². The van der Waals surface area contributed by atoms with Crippen LogP contribution in [0.3, 0.4) is 0 Å².